The van der Waals surface area contributed by atoms with Crippen molar-refractivity contribution in [2.24, 2.45) is 0 Å². The van der Waals surface area contributed by atoms with Gasteiger partial charge in [-0.05, 0) is 63.4 Å². The van der Waals surface area contributed by atoms with Crippen molar-refractivity contribution in [1.82, 2.24) is 14.8 Å². The van der Waals surface area contributed by atoms with Gasteiger partial charge in [0.1, 0.15) is 5.69 Å². The Hall–Kier alpha value is -1.42. The average molecular weight is 273 g/mol. The summed E-state index contributed by atoms with van der Waals surface area (Å²) in [5.41, 5.74) is 1.82. The van der Waals surface area contributed by atoms with Gasteiger partial charge >= 0.3 is 0 Å². The Morgan fingerprint density at radius 3 is 2.75 bits per heavy atom. The van der Waals surface area contributed by atoms with Crippen LogP contribution < -0.4 is 0 Å². The molecule has 4 nitrogen and oxygen atoms in total. The Labute approximate surface area is 120 Å². The lowest BCUT2D eigenvalue weighted by Crippen LogP contribution is -2.41. The predicted molar refractivity (Wildman–Crippen MR) is 78.6 cm³/mol. The minimum absolute atomic E-state index is 0.0669. The van der Waals surface area contributed by atoms with Crippen LogP contribution in [0.4, 0.5) is 0 Å². The number of nitrogens with zero attached hydrogens (tertiary/aromatic N) is 3. The Balaban J connectivity index is 1.78. The Morgan fingerprint density at radius 2 is 2.15 bits per heavy atom. The summed E-state index contributed by atoms with van der Waals surface area (Å²) in [6.45, 7) is 1.14. The van der Waals surface area contributed by atoms with Gasteiger partial charge < -0.3 is 4.90 Å². The van der Waals surface area contributed by atoms with Gasteiger partial charge in [0, 0.05) is 25.3 Å². The Bertz CT molecular complexity index is 498. The van der Waals surface area contributed by atoms with Crippen molar-refractivity contribution in [1.29, 1.82) is 0 Å². The number of aromatic nitrogens is 1. The molecule has 108 valence electrons. The molecule has 1 unspecified atom stereocenters. The molecule has 1 aromatic rings. The number of amides is 1. The number of rotatable bonds is 3. The molecule has 0 bridgehead atoms. The van der Waals surface area contributed by atoms with Crippen molar-refractivity contribution in [3.05, 3.63) is 29.6 Å². The van der Waals surface area contributed by atoms with Gasteiger partial charge in [0.15, 0.2) is 0 Å². The van der Waals surface area contributed by atoms with Crippen LogP contribution in [0.25, 0.3) is 0 Å². The second-order valence-electron chi connectivity index (χ2n) is 6.11. The van der Waals surface area contributed by atoms with E-state index in [0.717, 1.165) is 19.4 Å². The van der Waals surface area contributed by atoms with E-state index >= 15 is 0 Å². The molecule has 3 rings (SSSR count). The van der Waals surface area contributed by atoms with Crippen molar-refractivity contribution < 1.29 is 4.79 Å². The molecule has 1 aliphatic heterocycles. The van der Waals surface area contributed by atoms with Crippen molar-refractivity contribution in [3.8, 4) is 0 Å². The molecule has 0 N–H and O–H groups in total. The van der Waals surface area contributed by atoms with Gasteiger partial charge in [-0.1, -0.05) is 0 Å². The van der Waals surface area contributed by atoms with E-state index in [1.165, 1.54) is 24.8 Å². The maximum Gasteiger partial charge on any atom is 0.272 e. The van der Waals surface area contributed by atoms with Gasteiger partial charge in [-0.3, -0.25) is 14.7 Å². The van der Waals surface area contributed by atoms with E-state index in [0.29, 0.717) is 17.8 Å². The summed E-state index contributed by atoms with van der Waals surface area (Å²) in [6, 6.07) is 4.90. The molecule has 20 heavy (non-hydrogen) atoms. The zero-order valence-electron chi connectivity index (χ0n) is 12.4. The van der Waals surface area contributed by atoms with Gasteiger partial charge in [-0.25, -0.2) is 0 Å². The van der Waals surface area contributed by atoms with Crippen molar-refractivity contribution in [2.75, 3.05) is 20.6 Å². The van der Waals surface area contributed by atoms with Crippen molar-refractivity contribution >= 4 is 5.91 Å². The summed E-state index contributed by atoms with van der Waals surface area (Å²) in [7, 11) is 4.06. The summed E-state index contributed by atoms with van der Waals surface area (Å²) in [5.74, 6) is 0.0669. The van der Waals surface area contributed by atoms with Gasteiger partial charge in [-0.2, -0.15) is 0 Å². The van der Waals surface area contributed by atoms with Gasteiger partial charge in [0.05, 0.1) is 0 Å². The van der Waals surface area contributed by atoms with E-state index in [-0.39, 0.29) is 5.91 Å². The highest BCUT2D eigenvalue weighted by Crippen LogP contribution is 2.30. The van der Waals surface area contributed by atoms with Crippen LogP contribution in [0.2, 0.25) is 0 Å². The smallest absolute Gasteiger partial charge is 0.272 e. The standard InChI is InChI=1S/C16H23N3O/c1-18-10-4-7-15(18)12-8-9-17-14(11-12)16(20)19(2)13-5-3-6-13/h8-9,11,13,15H,3-7,10H2,1-2H3. The highest BCUT2D eigenvalue weighted by Gasteiger charge is 2.28. The fourth-order valence-electron chi connectivity index (χ4n) is 3.22. The largest absolute Gasteiger partial charge is 0.337 e. The number of carbonyl (C=O) groups is 1. The molecule has 0 radical (unpaired) electrons. The molecule has 2 heterocycles. The first kappa shape index (κ1) is 13.6. The maximum atomic E-state index is 12.5. The van der Waals surface area contributed by atoms with Gasteiger partial charge in [0.25, 0.3) is 5.91 Å². The second kappa shape index (κ2) is 5.52. The lowest BCUT2D eigenvalue weighted by atomic mass is 9.91. The fraction of sp³-hybridized carbons (Fsp3) is 0.625. The highest BCUT2D eigenvalue weighted by molar-refractivity contribution is 5.92. The zero-order chi connectivity index (χ0) is 14.1. The zero-order valence-corrected chi connectivity index (χ0v) is 12.4. The van der Waals surface area contributed by atoms with E-state index in [1.807, 2.05) is 24.1 Å². The monoisotopic (exact) mass is 273 g/mol. The molecule has 1 saturated heterocycles. The lowest BCUT2D eigenvalue weighted by molar-refractivity contribution is 0.0646. The third kappa shape index (κ3) is 2.44. The van der Waals surface area contributed by atoms with Crippen LogP contribution in [0.5, 0.6) is 0 Å². The molecular formula is C16H23N3O. The predicted octanol–water partition coefficient (Wildman–Crippen LogP) is 2.47. The number of hydrogen-bond donors (Lipinski definition) is 0. The second-order valence-corrected chi connectivity index (χ2v) is 6.11. The number of carbonyl (C=O) groups excluding carboxylic acids is 1. The number of likely N-dealkylation sites (tertiary alicyclic amines) is 1. The molecule has 2 aliphatic rings. The normalized spacial score (nSPS) is 23.6. The van der Waals surface area contributed by atoms with Crippen LogP contribution >= 0.6 is 0 Å². The molecule has 4 heteroatoms. The first-order valence-electron chi connectivity index (χ1n) is 7.60. The summed E-state index contributed by atoms with van der Waals surface area (Å²) in [6.07, 6.45) is 7.69. The molecule has 1 aromatic heterocycles. The number of pyridine rings is 1. The Morgan fingerprint density at radius 1 is 1.35 bits per heavy atom. The van der Waals surface area contributed by atoms with E-state index in [1.54, 1.807) is 6.20 Å². The summed E-state index contributed by atoms with van der Waals surface area (Å²) >= 11 is 0. The summed E-state index contributed by atoms with van der Waals surface area (Å²) < 4.78 is 0. The fourth-order valence-corrected chi connectivity index (χ4v) is 3.22. The topological polar surface area (TPSA) is 36.4 Å². The average Bonchev–Trinajstić information content (AvgIpc) is 2.82. The minimum atomic E-state index is 0.0669. The van der Waals surface area contributed by atoms with Crippen LogP contribution in [0.3, 0.4) is 0 Å². The highest BCUT2D eigenvalue weighted by atomic mass is 16.2. The van der Waals surface area contributed by atoms with E-state index in [9.17, 15) is 4.79 Å². The lowest BCUT2D eigenvalue weighted by Gasteiger charge is -2.34. The molecular weight excluding hydrogens is 250 g/mol. The molecule has 1 aliphatic carbocycles. The summed E-state index contributed by atoms with van der Waals surface area (Å²) in [4.78, 5) is 21.0. The van der Waals surface area contributed by atoms with Crippen LogP contribution in [0.1, 0.15) is 54.2 Å². The first-order chi connectivity index (χ1) is 9.66. The Kier molecular flexibility index (Phi) is 3.74. The van der Waals surface area contributed by atoms with Gasteiger partial charge in [-0.15, -0.1) is 0 Å². The first-order valence-corrected chi connectivity index (χ1v) is 7.60. The van der Waals surface area contributed by atoms with Crippen LogP contribution in [-0.2, 0) is 0 Å². The van der Waals surface area contributed by atoms with E-state index in [2.05, 4.69) is 16.9 Å². The SMILES string of the molecule is CN1CCCC1c1ccnc(C(=O)N(C)C2CCC2)c1. The third-order valence-corrected chi connectivity index (χ3v) is 4.85. The van der Waals surface area contributed by atoms with Crippen molar-refractivity contribution in [2.45, 2.75) is 44.2 Å². The van der Waals surface area contributed by atoms with Gasteiger partial charge in [0.2, 0.25) is 0 Å². The summed E-state index contributed by atoms with van der Waals surface area (Å²) in [5, 5.41) is 0. The van der Waals surface area contributed by atoms with Crippen LogP contribution in [-0.4, -0.2) is 47.4 Å². The van der Waals surface area contributed by atoms with Crippen LogP contribution in [0.15, 0.2) is 18.3 Å². The number of hydrogen-bond acceptors (Lipinski definition) is 3. The van der Waals surface area contributed by atoms with E-state index in [4.69, 9.17) is 0 Å². The van der Waals surface area contributed by atoms with Crippen molar-refractivity contribution in [3.63, 3.8) is 0 Å². The molecule has 0 aromatic carbocycles. The maximum absolute atomic E-state index is 12.5. The molecule has 2 fully saturated rings. The molecule has 1 saturated carbocycles. The van der Waals surface area contributed by atoms with Crippen LogP contribution in [0, 0.1) is 0 Å². The molecule has 1 amide bonds. The quantitative estimate of drug-likeness (QED) is 0.849. The van der Waals surface area contributed by atoms with E-state index < -0.39 is 0 Å². The molecule has 1 atom stereocenters. The third-order valence-electron chi connectivity index (χ3n) is 4.85. The molecule has 0 spiro atoms. The minimum Gasteiger partial charge on any atom is -0.337 e.